The molecule has 0 bridgehead atoms. The van der Waals surface area contributed by atoms with Crippen LogP contribution in [0.25, 0.3) is 55.4 Å². The van der Waals surface area contributed by atoms with E-state index in [1.165, 1.54) is 27.8 Å². The summed E-state index contributed by atoms with van der Waals surface area (Å²) in [6.45, 7) is 0. The highest BCUT2D eigenvalue weighted by molar-refractivity contribution is 6.05. The number of hydrogen-bond acceptors (Lipinski definition) is 3. The van der Waals surface area contributed by atoms with Crippen LogP contribution in [0, 0.1) is 0 Å². The van der Waals surface area contributed by atoms with Gasteiger partial charge in [0.2, 0.25) is 0 Å². The third-order valence-corrected chi connectivity index (χ3v) is 10.8. The summed E-state index contributed by atoms with van der Waals surface area (Å²) in [7, 11) is 0. The molecule has 0 fully saturated rings. The summed E-state index contributed by atoms with van der Waals surface area (Å²) in [6.07, 6.45) is 0. The van der Waals surface area contributed by atoms with Crippen molar-refractivity contribution in [1.29, 1.82) is 0 Å². The summed E-state index contributed by atoms with van der Waals surface area (Å²) in [5, 5.41) is 2.24. The smallest absolute Gasteiger partial charge is 0.148 e. The molecule has 3 heterocycles. The molecule has 11 rings (SSSR count). The Morgan fingerprint density at radius 3 is 1.98 bits per heavy atom. The Labute approximate surface area is 295 Å². The number of anilines is 3. The molecule has 0 saturated carbocycles. The van der Waals surface area contributed by atoms with Gasteiger partial charge in [0.15, 0.2) is 0 Å². The fraction of sp³-hybridized carbons (Fsp3) is 0.0208. The molecule has 2 aliphatic rings. The largest absolute Gasteiger partial charge is 0.457 e. The van der Waals surface area contributed by atoms with Crippen LogP contribution < -0.4 is 4.90 Å². The van der Waals surface area contributed by atoms with Crippen molar-refractivity contribution in [3.63, 3.8) is 0 Å². The SMILES string of the molecule is c1cc(-c2cccc(N3c4ccccc4C4(c5ccccc5-c5ccccc54)c4oc5ccccc5c43)c2)cc(-c2ccc3ccccc3n2)c1. The lowest BCUT2D eigenvalue weighted by molar-refractivity contribution is 0.494. The number of aromatic nitrogens is 1. The van der Waals surface area contributed by atoms with E-state index in [4.69, 9.17) is 9.40 Å². The average molecular weight is 651 g/mol. The van der Waals surface area contributed by atoms with Gasteiger partial charge in [0, 0.05) is 22.0 Å². The van der Waals surface area contributed by atoms with Gasteiger partial charge in [-0.3, -0.25) is 0 Å². The molecule has 238 valence electrons. The first-order chi connectivity index (χ1) is 25.3. The molecule has 0 atom stereocenters. The van der Waals surface area contributed by atoms with E-state index in [9.17, 15) is 0 Å². The summed E-state index contributed by atoms with van der Waals surface area (Å²) >= 11 is 0. The third-order valence-electron chi connectivity index (χ3n) is 10.8. The highest BCUT2D eigenvalue weighted by Gasteiger charge is 2.54. The summed E-state index contributed by atoms with van der Waals surface area (Å²) < 4.78 is 7.11. The number of furan rings is 1. The first kappa shape index (κ1) is 28.2. The van der Waals surface area contributed by atoms with Crippen molar-refractivity contribution in [2.75, 3.05) is 4.90 Å². The molecule has 3 nitrogen and oxygen atoms in total. The van der Waals surface area contributed by atoms with E-state index in [-0.39, 0.29) is 0 Å². The molecule has 2 aromatic heterocycles. The van der Waals surface area contributed by atoms with E-state index in [1.54, 1.807) is 0 Å². The zero-order valence-electron chi connectivity index (χ0n) is 27.6. The zero-order chi connectivity index (χ0) is 33.5. The van der Waals surface area contributed by atoms with Crippen molar-refractivity contribution >= 4 is 38.9 Å². The number of fused-ring (bicyclic) bond motifs is 12. The van der Waals surface area contributed by atoms with Gasteiger partial charge in [-0.15, -0.1) is 0 Å². The Balaban J connectivity index is 1.13. The first-order valence-corrected chi connectivity index (χ1v) is 17.5. The first-order valence-electron chi connectivity index (χ1n) is 17.5. The van der Waals surface area contributed by atoms with Crippen LogP contribution >= 0.6 is 0 Å². The standard InChI is InChI=1S/C48H30N2O/c1-8-24-42-31(13-1)27-28-43(49-42)34-16-11-14-32(29-34)33-15-12-17-35(30-33)50-44-25-9-7-23-41(44)48(47-46(50)38-20-4-10-26-45(38)51-47)39-21-5-2-18-36(39)37-19-3-6-22-40(37)48/h1-30H. The maximum absolute atomic E-state index is 7.11. The van der Waals surface area contributed by atoms with Crippen LogP contribution in [-0.4, -0.2) is 4.98 Å². The maximum Gasteiger partial charge on any atom is 0.148 e. The van der Waals surface area contributed by atoms with Crippen LogP contribution in [0.15, 0.2) is 186 Å². The molecular weight excluding hydrogens is 621 g/mol. The maximum atomic E-state index is 7.11. The van der Waals surface area contributed by atoms with Crippen molar-refractivity contribution in [3.05, 3.63) is 204 Å². The fourth-order valence-electron chi connectivity index (χ4n) is 8.68. The number of para-hydroxylation sites is 3. The monoisotopic (exact) mass is 650 g/mol. The lowest BCUT2D eigenvalue weighted by Crippen LogP contribution is -2.35. The van der Waals surface area contributed by atoms with E-state index >= 15 is 0 Å². The number of benzene rings is 7. The number of pyridine rings is 1. The Kier molecular flexibility index (Phi) is 5.88. The minimum absolute atomic E-state index is 0.604. The zero-order valence-corrected chi connectivity index (χ0v) is 27.6. The van der Waals surface area contributed by atoms with E-state index in [0.29, 0.717) is 0 Å². The van der Waals surface area contributed by atoms with Crippen LogP contribution in [0.4, 0.5) is 17.1 Å². The van der Waals surface area contributed by atoms with Gasteiger partial charge < -0.3 is 9.32 Å². The highest BCUT2D eigenvalue weighted by Crippen LogP contribution is 2.65. The van der Waals surface area contributed by atoms with Gasteiger partial charge in [-0.1, -0.05) is 133 Å². The summed E-state index contributed by atoms with van der Waals surface area (Å²) in [5.41, 5.74) is 15.2. The van der Waals surface area contributed by atoms with Gasteiger partial charge in [-0.25, -0.2) is 4.98 Å². The van der Waals surface area contributed by atoms with Gasteiger partial charge in [-0.05, 0) is 87.5 Å². The van der Waals surface area contributed by atoms with Crippen LogP contribution in [0.5, 0.6) is 0 Å². The van der Waals surface area contributed by atoms with Gasteiger partial charge in [0.05, 0.1) is 22.6 Å². The predicted molar refractivity (Wildman–Crippen MR) is 208 cm³/mol. The lowest BCUT2D eigenvalue weighted by Gasteiger charge is -2.42. The number of nitrogens with zero attached hydrogens (tertiary/aromatic N) is 2. The Morgan fingerprint density at radius 2 is 1.14 bits per heavy atom. The van der Waals surface area contributed by atoms with Crippen molar-refractivity contribution in [2.24, 2.45) is 0 Å². The van der Waals surface area contributed by atoms with Crippen LogP contribution in [0.3, 0.4) is 0 Å². The van der Waals surface area contributed by atoms with Crippen LogP contribution in [-0.2, 0) is 5.41 Å². The average Bonchev–Trinajstić information content (AvgIpc) is 3.73. The van der Waals surface area contributed by atoms with Gasteiger partial charge in [0.25, 0.3) is 0 Å². The molecule has 0 saturated heterocycles. The minimum atomic E-state index is -0.604. The molecule has 7 aromatic carbocycles. The molecule has 0 radical (unpaired) electrons. The van der Waals surface area contributed by atoms with E-state index < -0.39 is 5.41 Å². The molecule has 51 heavy (non-hydrogen) atoms. The van der Waals surface area contributed by atoms with Crippen molar-refractivity contribution < 1.29 is 4.42 Å². The Hall–Kier alpha value is -6.71. The van der Waals surface area contributed by atoms with Crippen molar-refractivity contribution in [2.45, 2.75) is 5.41 Å². The fourth-order valence-corrected chi connectivity index (χ4v) is 8.68. The topological polar surface area (TPSA) is 29.3 Å². The Bertz CT molecular complexity index is 2800. The molecule has 0 amide bonds. The van der Waals surface area contributed by atoms with E-state index in [0.717, 1.165) is 67.1 Å². The highest BCUT2D eigenvalue weighted by atomic mass is 16.3. The quantitative estimate of drug-likeness (QED) is 0.191. The lowest BCUT2D eigenvalue weighted by atomic mass is 9.67. The number of hydrogen-bond donors (Lipinski definition) is 0. The van der Waals surface area contributed by atoms with Crippen molar-refractivity contribution in [3.8, 4) is 33.5 Å². The second kappa shape index (κ2) is 10.6. The Morgan fingerprint density at radius 1 is 0.490 bits per heavy atom. The molecule has 0 N–H and O–H groups in total. The second-order valence-corrected chi connectivity index (χ2v) is 13.5. The molecular formula is C48H30N2O. The third kappa shape index (κ3) is 3.92. The molecule has 1 aliphatic heterocycles. The van der Waals surface area contributed by atoms with Crippen LogP contribution in [0.2, 0.25) is 0 Å². The predicted octanol–water partition coefficient (Wildman–Crippen LogP) is 12.5. The van der Waals surface area contributed by atoms with E-state index in [2.05, 4.69) is 181 Å². The van der Waals surface area contributed by atoms with Gasteiger partial charge in [0.1, 0.15) is 16.8 Å². The second-order valence-electron chi connectivity index (χ2n) is 13.5. The summed E-state index contributed by atoms with van der Waals surface area (Å²) in [6, 6.07) is 65.2. The number of rotatable bonds is 3. The minimum Gasteiger partial charge on any atom is -0.457 e. The normalized spacial score (nSPS) is 13.6. The van der Waals surface area contributed by atoms with E-state index in [1.807, 2.05) is 6.07 Å². The summed E-state index contributed by atoms with van der Waals surface area (Å²) in [5.74, 6) is 0.953. The van der Waals surface area contributed by atoms with Crippen molar-refractivity contribution in [1.82, 2.24) is 4.98 Å². The molecule has 9 aromatic rings. The van der Waals surface area contributed by atoms with Crippen LogP contribution in [0.1, 0.15) is 22.5 Å². The molecule has 3 heteroatoms. The van der Waals surface area contributed by atoms with Gasteiger partial charge >= 0.3 is 0 Å². The molecule has 1 spiro atoms. The summed E-state index contributed by atoms with van der Waals surface area (Å²) in [4.78, 5) is 7.41. The van der Waals surface area contributed by atoms with Gasteiger partial charge in [-0.2, -0.15) is 0 Å². The molecule has 0 unspecified atom stereocenters. The molecule has 1 aliphatic carbocycles.